The van der Waals surface area contributed by atoms with E-state index in [-0.39, 0.29) is 13.2 Å². The molecule has 22 heavy (non-hydrogen) atoms. The van der Waals surface area contributed by atoms with Gasteiger partial charge in [0.25, 0.3) is 0 Å². The minimum Gasteiger partial charge on any atom is -0.429 e. The van der Waals surface area contributed by atoms with E-state index in [9.17, 15) is 4.79 Å². The lowest BCUT2D eigenvalue weighted by Crippen LogP contribution is -2.08. The van der Waals surface area contributed by atoms with E-state index in [4.69, 9.17) is 17.8 Å². The first-order chi connectivity index (χ1) is 10.7. The Kier molecular flexibility index (Phi) is 6.29. The lowest BCUT2D eigenvalue weighted by atomic mass is 10.2. The zero-order chi connectivity index (χ0) is 15.8. The molecule has 0 saturated carbocycles. The fourth-order valence-corrected chi connectivity index (χ4v) is 2.10. The molecule has 0 aliphatic rings. The van der Waals surface area contributed by atoms with Crippen molar-refractivity contribution >= 4 is 32.0 Å². The number of hydrogen-bond acceptors (Lipinski definition) is 7. The Morgan fingerprint density at radius 1 is 0.773 bits per heavy atom. The summed E-state index contributed by atoms with van der Waals surface area (Å²) in [5, 5.41) is 0. The summed E-state index contributed by atoms with van der Waals surface area (Å²) >= 11 is 7.49. The van der Waals surface area contributed by atoms with Crippen LogP contribution in [0.5, 0.6) is 11.5 Å². The van der Waals surface area contributed by atoms with E-state index in [1.807, 2.05) is 0 Å². The van der Waals surface area contributed by atoms with E-state index >= 15 is 0 Å². The summed E-state index contributed by atoms with van der Waals surface area (Å²) in [4.78, 5) is 11.6. The summed E-state index contributed by atoms with van der Waals surface area (Å²) in [7, 11) is 0. The molecule has 0 aliphatic carbocycles. The highest BCUT2D eigenvalue weighted by molar-refractivity contribution is 7.75. The molecule has 2 aromatic carbocycles. The van der Waals surface area contributed by atoms with Crippen LogP contribution in [0.1, 0.15) is 11.1 Å². The van der Waals surface area contributed by atoms with E-state index in [0.717, 1.165) is 0 Å². The Morgan fingerprint density at radius 3 is 1.59 bits per heavy atom. The molecule has 7 heteroatoms. The van der Waals surface area contributed by atoms with E-state index in [0.29, 0.717) is 22.6 Å². The summed E-state index contributed by atoms with van der Waals surface area (Å²) in [5.74, 6) is 1.04. The topological polar surface area (TPSA) is 54.0 Å². The lowest BCUT2D eigenvalue weighted by Gasteiger charge is -2.10. The molecule has 2 aromatic rings. The van der Waals surface area contributed by atoms with Crippen LogP contribution in [0.4, 0.5) is 4.79 Å². The number of benzene rings is 2. The van der Waals surface area contributed by atoms with Crippen molar-refractivity contribution in [3.05, 3.63) is 59.7 Å². The summed E-state index contributed by atoms with van der Waals surface area (Å²) in [6, 6.07) is 14.2. The molecular weight excluding hydrogens is 324 g/mol. The molecule has 0 fully saturated rings. The van der Waals surface area contributed by atoms with Crippen molar-refractivity contribution in [1.82, 2.24) is 0 Å². The predicted molar refractivity (Wildman–Crippen MR) is 87.1 cm³/mol. The van der Waals surface area contributed by atoms with E-state index < -0.39 is 6.16 Å². The molecule has 0 bridgehead atoms. The third-order valence-electron chi connectivity index (χ3n) is 2.83. The van der Waals surface area contributed by atoms with Gasteiger partial charge in [0.1, 0.15) is 24.7 Å². The first-order valence-electron chi connectivity index (χ1n) is 6.32. The maximum atomic E-state index is 11.6. The monoisotopic (exact) mass is 338 g/mol. The van der Waals surface area contributed by atoms with Gasteiger partial charge in [-0.1, -0.05) is 36.4 Å². The van der Waals surface area contributed by atoms with E-state index in [2.05, 4.69) is 25.8 Å². The highest BCUT2D eigenvalue weighted by Crippen LogP contribution is 2.21. The predicted octanol–water partition coefficient (Wildman–Crippen LogP) is 3.99. The number of hydrogen-bond donors (Lipinski definition) is 2. The molecule has 2 rings (SSSR count). The summed E-state index contributed by atoms with van der Waals surface area (Å²) in [6.45, 7) is 0.0561. The van der Waals surface area contributed by atoms with Crippen molar-refractivity contribution in [2.75, 3.05) is 0 Å². The fraction of sp³-hybridized carbons (Fsp3) is 0.133. The van der Waals surface area contributed by atoms with Crippen LogP contribution < -0.4 is 8.37 Å². The second-order valence-corrected chi connectivity index (χ2v) is 4.59. The zero-order valence-electron chi connectivity index (χ0n) is 11.5. The Bertz CT molecular complexity index is 579. The average Bonchev–Trinajstić information content (AvgIpc) is 2.58. The van der Waals surface area contributed by atoms with Crippen molar-refractivity contribution in [2.45, 2.75) is 13.2 Å². The summed E-state index contributed by atoms with van der Waals surface area (Å²) in [5.41, 5.74) is 1.38. The normalized spacial score (nSPS) is 9.91. The van der Waals surface area contributed by atoms with Gasteiger partial charge >= 0.3 is 6.16 Å². The first-order valence-corrected chi connectivity index (χ1v) is 7.06. The van der Waals surface area contributed by atoms with Gasteiger partial charge in [-0.2, -0.15) is 0 Å². The molecule has 0 saturated heterocycles. The second-order valence-electron chi connectivity index (χ2n) is 4.23. The Hall–Kier alpha value is -1.99. The maximum absolute atomic E-state index is 11.6. The third-order valence-corrected chi connectivity index (χ3v) is 3.23. The van der Waals surface area contributed by atoms with E-state index in [1.165, 1.54) is 0 Å². The van der Waals surface area contributed by atoms with Crippen LogP contribution in [0.2, 0.25) is 0 Å². The van der Waals surface area contributed by atoms with Gasteiger partial charge < -0.3 is 17.8 Å². The molecule has 0 aromatic heterocycles. The van der Waals surface area contributed by atoms with Crippen molar-refractivity contribution in [2.24, 2.45) is 0 Å². The Balaban J connectivity index is 1.86. The lowest BCUT2D eigenvalue weighted by molar-refractivity contribution is 0.0442. The highest BCUT2D eigenvalue weighted by atomic mass is 32.1. The summed E-state index contributed by atoms with van der Waals surface area (Å²) < 4.78 is 19.8. The van der Waals surface area contributed by atoms with Gasteiger partial charge in [0.2, 0.25) is 0 Å². The van der Waals surface area contributed by atoms with Gasteiger partial charge in [0, 0.05) is 36.9 Å². The molecular formula is C15H14O5S2. The van der Waals surface area contributed by atoms with Crippen molar-refractivity contribution in [3.8, 4) is 11.5 Å². The third kappa shape index (κ3) is 4.51. The smallest absolute Gasteiger partial charge is 0.429 e. The molecule has 0 radical (unpaired) electrons. The fourth-order valence-electron chi connectivity index (χ4n) is 1.74. The standard InChI is InChI=1S/C15H14O5S2/c16-15(17-9-11-5-1-3-7-13(11)19-21)18-10-12-6-2-4-8-14(12)20-22/h1-8,21-22H,9-10H2. The minimum atomic E-state index is -0.789. The van der Waals surface area contributed by atoms with Crippen LogP contribution in [0, 0.1) is 0 Å². The molecule has 116 valence electrons. The first kappa shape index (κ1) is 16.4. The number of ether oxygens (including phenoxy) is 2. The maximum Gasteiger partial charge on any atom is 0.508 e. The quantitative estimate of drug-likeness (QED) is 0.474. The molecule has 5 nitrogen and oxygen atoms in total. The number of carbonyl (C=O) groups is 1. The van der Waals surface area contributed by atoms with Crippen LogP contribution in [0.15, 0.2) is 48.5 Å². The largest absolute Gasteiger partial charge is 0.508 e. The molecule has 0 aliphatic heterocycles. The number of thiol groups is 2. The van der Waals surface area contributed by atoms with Crippen LogP contribution in [0.3, 0.4) is 0 Å². The van der Waals surface area contributed by atoms with Crippen LogP contribution in [0.25, 0.3) is 0 Å². The van der Waals surface area contributed by atoms with Crippen molar-refractivity contribution in [1.29, 1.82) is 0 Å². The Morgan fingerprint density at radius 2 is 1.18 bits per heavy atom. The molecule has 0 heterocycles. The zero-order valence-corrected chi connectivity index (χ0v) is 13.3. The van der Waals surface area contributed by atoms with Crippen LogP contribution >= 0.6 is 25.8 Å². The van der Waals surface area contributed by atoms with Crippen LogP contribution in [-0.4, -0.2) is 6.16 Å². The van der Waals surface area contributed by atoms with E-state index in [1.54, 1.807) is 48.5 Å². The van der Waals surface area contributed by atoms with Gasteiger partial charge in [-0.3, -0.25) is 0 Å². The molecule has 0 spiro atoms. The van der Waals surface area contributed by atoms with Gasteiger partial charge in [0.15, 0.2) is 0 Å². The van der Waals surface area contributed by atoms with Gasteiger partial charge in [-0.05, 0) is 12.1 Å². The molecule has 0 N–H and O–H groups in total. The SMILES string of the molecule is O=C(OCc1ccccc1OS)OCc1ccccc1OS. The Labute approximate surface area is 139 Å². The minimum absolute atomic E-state index is 0.0281. The van der Waals surface area contributed by atoms with Gasteiger partial charge in [-0.15, -0.1) is 0 Å². The summed E-state index contributed by atoms with van der Waals surface area (Å²) in [6.07, 6.45) is -0.789. The van der Waals surface area contributed by atoms with Crippen LogP contribution in [-0.2, 0) is 22.7 Å². The van der Waals surface area contributed by atoms with Gasteiger partial charge in [-0.25, -0.2) is 4.79 Å². The molecule has 0 amide bonds. The molecule has 0 unspecified atom stereocenters. The second kappa shape index (κ2) is 8.45. The molecule has 0 atom stereocenters. The van der Waals surface area contributed by atoms with Crippen molar-refractivity contribution in [3.63, 3.8) is 0 Å². The number of rotatable bonds is 6. The van der Waals surface area contributed by atoms with Gasteiger partial charge in [0.05, 0.1) is 0 Å². The highest BCUT2D eigenvalue weighted by Gasteiger charge is 2.10. The van der Waals surface area contributed by atoms with Crippen molar-refractivity contribution < 1.29 is 22.6 Å². The number of carbonyl (C=O) groups excluding carboxylic acids is 1. The number of para-hydroxylation sites is 2. The average molecular weight is 338 g/mol.